The van der Waals surface area contributed by atoms with Gasteiger partial charge in [-0.2, -0.15) is 17.0 Å². The van der Waals surface area contributed by atoms with Crippen molar-refractivity contribution in [1.29, 1.82) is 0 Å². The van der Waals surface area contributed by atoms with Crippen LogP contribution in [0.3, 0.4) is 0 Å². The van der Waals surface area contributed by atoms with E-state index in [1.165, 1.54) is 12.1 Å². The van der Waals surface area contributed by atoms with Crippen molar-refractivity contribution >= 4 is 67.0 Å². The van der Waals surface area contributed by atoms with Gasteiger partial charge in [-0.1, -0.05) is 24.3 Å². The number of nitrogen functional groups attached to an aromatic ring is 1. The molecule has 1 aliphatic heterocycles. The number of imidazole rings is 1. The summed E-state index contributed by atoms with van der Waals surface area (Å²) in [5, 5.41) is 12.1. The van der Waals surface area contributed by atoms with Gasteiger partial charge in [0, 0.05) is 30.6 Å². The third-order valence-corrected chi connectivity index (χ3v) is 11.8. The molecule has 47 heavy (non-hydrogen) atoms. The van der Waals surface area contributed by atoms with Gasteiger partial charge in [-0.3, -0.25) is 13.3 Å². The Morgan fingerprint density at radius 1 is 0.979 bits per heavy atom. The smallest absolute Gasteiger partial charge is 0.387 e. The quantitative estimate of drug-likeness (QED) is 0.0871. The molecule has 4 aromatic rings. The van der Waals surface area contributed by atoms with E-state index in [9.17, 15) is 37.0 Å². The van der Waals surface area contributed by atoms with Crippen LogP contribution in [0.15, 0.2) is 53.9 Å². The van der Waals surface area contributed by atoms with E-state index in [0.717, 1.165) is 17.2 Å². The number of fused-ring (bicyclic) bond motifs is 2. The first kappa shape index (κ1) is 35.4. The molecule has 2 unspecified atom stereocenters. The first-order valence-corrected chi connectivity index (χ1v) is 18.9. The van der Waals surface area contributed by atoms with Crippen LogP contribution < -0.4 is 10.6 Å². The predicted molar refractivity (Wildman–Crippen MR) is 160 cm³/mol. The zero-order chi connectivity index (χ0) is 34.5. The summed E-state index contributed by atoms with van der Waals surface area (Å²) in [5.74, 6) is -0.0472. The Morgan fingerprint density at radius 2 is 1.66 bits per heavy atom. The summed E-state index contributed by atoms with van der Waals surface area (Å²) in [7, 11) is -18.3. The molecule has 3 heterocycles. The molecule has 0 aliphatic carbocycles. The maximum Gasteiger partial charge on any atom is 0.490 e. The van der Waals surface area contributed by atoms with E-state index in [1.54, 1.807) is 43.3 Å². The van der Waals surface area contributed by atoms with Gasteiger partial charge in [0.25, 0.3) is 10.1 Å². The van der Waals surface area contributed by atoms with E-state index in [0.29, 0.717) is 16.5 Å². The first-order valence-electron chi connectivity index (χ1n) is 13.0. The number of phosphoric ester groups is 1. The van der Waals surface area contributed by atoms with Crippen molar-refractivity contribution in [2.75, 3.05) is 31.3 Å². The fourth-order valence-corrected chi connectivity index (χ4v) is 9.11. The Hall–Kier alpha value is -2.91. The van der Waals surface area contributed by atoms with Crippen LogP contribution in [0.4, 0.5) is 11.5 Å². The van der Waals surface area contributed by atoms with Crippen LogP contribution in [0.2, 0.25) is 0 Å². The molecule has 5 rings (SSSR count). The number of aliphatic hydroxyl groups excluding tert-OH is 1. The second-order valence-electron chi connectivity index (χ2n) is 10.1. The molecule has 7 N–H and O–H groups in total. The van der Waals surface area contributed by atoms with Crippen LogP contribution >= 0.6 is 23.5 Å². The summed E-state index contributed by atoms with van der Waals surface area (Å²) in [6.45, 7) is -1.12. The van der Waals surface area contributed by atoms with Gasteiger partial charge in [-0.25, -0.2) is 28.6 Å². The summed E-state index contributed by atoms with van der Waals surface area (Å²) < 4.78 is 87.1. The number of phosphoric acid groups is 3. The Bertz CT molecular complexity index is 2080. The maximum absolute atomic E-state index is 13.8. The van der Waals surface area contributed by atoms with Gasteiger partial charge in [0.2, 0.25) is 0 Å². The molecule has 1 saturated heterocycles. The molecule has 25 heteroatoms. The van der Waals surface area contributed by atoms with Crippen LogP contribution in [0, 0.1) is 0 Å². The monoisotopic (exact) mass is 740 g/mol. The third-order valence-electron chi connectivity index (χ3n) is 6.64. The fourth-order valence-electron chi connectivity index (χ4n) is 4.78. The highest BCUT2D eigenvalue weighted by atomic mass is 32.2. The molecular weight excluding hydrogens is 713 g/mol. The number of aliphatic hydroxyl groups is 1. The number of aromatic nitrogens is 4. The largest absolute Gasteiger partial charge is 0.490 e. The lowest BCUT2D eigenvalue weighted by Gasteiger charge is -2.22. The summed E-state index contributed by atoms with van der Waals surface area (Å²) in [6.07, 6.45) is -4.81. The Morgan fingerprint density at radius 3 is 2.34 bits per heavy atom. The normalized spacial score (nSPS) is 23.1. The molecule has 1 fully saturated rings. The lowest BCUT2D eigenvalue weighted by molar-refractivity contribution is -0.0475. The van der Waals surface area contributed by atoms with Crippen molar-refractivity contribution in [2.24, 2.45) is 0 Å². The van der Waals surface area contributed by atoms with Crippen LogP contribution in [-0.2, 0) is 45.9 Å². The standard InChI is InChI=1S/C22H27N6O15P3S/c1-27(2)14-7-3-6-13-12(14)5-4-8-16(13)47(37,38)41-19-18(29)15(9-39-45(33,34)43-46(35,36)42-44(30,31)32)40-22(19)28-11-26-17-20(23)24-10-25-21(17)28/h3-8,10-11,15,18-19,22,29H,9H2,1-2H3,(H,33,34)(H,35,36)(H2,23,24,25)(H2,30,31,32)/t15-,18-,19-,22-/m1/s1. The van der Waals surface area contributed by atoms with Gasteiger partial charge in [-0.05, 0) is 12.1 Å². The molecule has 21 nitrogen and oxygen atoms in total. The maximum atomic E-state index is 13.8. The van der Waals surface area contributed by atoms with Crippen molar-refractivity contribution in [3.8, 4) is 0 Å². The highest BCUT2D eigenvalue weighted by molar-refractivity contribution is 7.87. The number of ether oxygens (including phenoxy) is 1. The highest BCUT2D eigenvalue weighted by Gasteiger charge is 2.50. The Labute approximate surface area is 265 Å². The van der Waals surface area contributed by atoms with Gasteiger partial charge in [0.15, 0.2) is 23.8 Å². The highest BCUT2D eigenvalue weighted by Crippen LogP contribution is 2.66. The minimum Gasteiger partial charge on any atom is -0.387 e. The molecule has 6 atom stereocenters. The number of benzene rings is 2. The van der Waals surface area contributed by atoms with Crippen molar-refractivity contribution in [3.63, 3.8) is 0 Å². The molecule has 0 radical (unpaired) electrons. The number of nitrogens with two attached hydrogens (primary N) is 1. The van der Waals surface area contributed by atoms with E-state index in [4.69, 9.17) is 24.4 Å². The van der Waals surface area contributed by atoms with Crippen LogP contribution in [0.25, 0.3) is 21.9 Å². The van der Waals surface area contributed by atoms with E-state index in [-0.39, 0.29) is 21.9 Å². The molecule has 1 aliphatic rings. The van der Waals surface area contributed by atoms with Crippen molar-refractivity contribution in [3.05, 3.63) is 49.1 Å². The SMILES string of the molecule is CN(C)c1cccc2c(S(=O)(=O)O[C@@H]3[C@H](O)[C@@H](COP(=O)(O)OP(=O)(O)OP(=O)(O)O)O[C@H]3n3cnc4c(N)ncnc43)cccc12. The minimum atomic E-state index is -5.85. The van der Waals surface area contributed by atoms with Gasteiger partial charge in [-0.15, -0.1) is 0 Å². The summed E-state index contributed by atoms with van der Waals surface area (Å²) in [6, 6.07) is 9.49. The molecule has 0 bridgehead atoms. The van der Waals surface area contributed by atoms with Gasteiger partial charge >= 0.3 is 23.5 Å². The number of anilines is 2. The van der Waals surface area contributed by atoms with E-state index >= 15 is 0 Å². The second-order valence-corrected chi connectivity index (χ2v) is 16.0. The third kappa shape index (κ3) is 7.72. The molecule has 256 valence electrons. The zero-order valence-corrected chi connectivity index (χ0v) is 27.5. The van der Waals surface area contributed by atoms with Gasteiger partial charge < -0.3 is 40.1 Å². The summed E-state index contributed by atoms with van der Waals surface area (Å²) in [5.41, 5.74) is 6.67. The van der Waals surface area contributed by atoms with E-state index in [2.05, 4.69) is 28.1 Å². The minimum absolute atomic E-state index is 0.0232. The van der Waals surface area contributed by atoms with Crippen molar-refractivity contribution < 1.29 is 68.9 Å². The predicted octanol–water partition coefficient (Wildman–Crippen LogP) is 1.00. The molecule has 0 amide bonds. The van der Waals surface area contributed by atoms with Crippen LogP contribution in [-0.4, -0.2) is 91.6 Å². The summed E-state index contributed by atoms with van der Waals surface area (Å²) >= 11 is 0. The molecule has 2 aromatic heterocycles. The summed E-state index contributed by atoms with van der Waals surface area (Å²) in [4.78, 5) is 50.3. The lowest BCUT2D eigenvalue weighted by Crippen LogP contribution is -2.37. The average molecular weight is 740 g/mol. The van der Waals surface area contributed by atoms with Gasteiger partial charge in [0.05, 0.1) is 12.9 Å². The molecular formula is C22H27N6O15P3S. The number of nitrogens with zero attached hydrogens (tertiary/aromatic N) is 5. The molecule has 0 spiro atoms. The van der Waals surface area contributed by atoms with Crippen molar-refractivity contribution in [2.45, 2.75) is 29.4 Å². The average Bonchev–Trinajstić information content (AvgIpc) is 3.50. The topological polar surface area (TPSA) is 306 Å². The Kier molecular flexibility index (Phi) is 9.67. The number of rotatable bonds is 12. The number of hydrogen-bond donors (Lipinski definition) is 6. The van der Waals surface area contributed by atoms with Gasteiger partial charge in [0.1, 0.15) is 28.9 Å². The van der Waals surface area contributed by atoms with Crippen LogP contribution in [0.1, 0.15) is 6.23 Å². The van der Waals surface area contributed by atoms with E-state index in [1.807, 2.05) is 0 Å². The number of hydrogen-bond acceptors (Lipinski definition) is 16. The van der Waals surface area contributed by atoms with Crippen LogP contribution in [0.5, 0.6) is 0 Å². The first-order chi connectivity index (χ1) is 21.8. The lowest BCUT2D eigenvalue weighted by atomic mass is 10.1. The Balaban J connectivity index is 1.48. The second kappa shape index (κ2) is 12.8. The fraction of sp³-hybridized carbons (Fsp3) is 0.318. The van der Waals surface area contributed by atoms with Crippen molar-refractivity contribution in [1.82, 2.24) is 19.5 Å². The molecule has 2 aromatic carbocycles. The van der Waals surface area contributed by atoms with E-state index < -0.39 is 64.7 Å². The zero-order valence-electron chi connectivity index (χ0n) is 24.0. The molecule has 0 saturated carbocycles.